The van der Waals surface area contributed by atoms with Crippen molar-refractivity contribution in [2.24, 2.45) is 0 Å². The van der Waals surface area contributed by atoms with Gasteiger partial charge < -0.3 is 0 Å². The third-order valence-electron chi connectivity index (χ3n) is 4.08. The first-order valence-corrected chi connectivity index (χ1v) is 7.71. The van der Waals surface area contributed by atoms with Crippen molar-refractivity contribution in [2.75, 3.05) is 0 Å². The third kappa shape index (κ3) is 3.16. The van der Waals surface area contributed by atoms with Gasteiger partial charge >= 0.3 is 0 Å². The monoisotopic (exact) mass is 246 g/mol. The van der Waals surface area contributed by atoms with E-state index in [-0.39, 0.29) is 0 Å². The molecular formula is C18H30. The largest absolute Gasteiger partial charge is 0.0651 e. The molecule has 0 heterocycles. The van der Waals surface area contributed by atoms with Gasteiger partial charge in [0, 0.05) is 0 Å². The van der Waals surface area contributed by atoms with Gasteiger partial charge in [-0.2, -0.15) is 0 Å². The van der Waals surface area contributed by atoms with E-state index < -0.39 is 0 Å². The standard InChI is InChI=1S/C18H30/c1-7-10-15-11-12-17(14(6)8-2)18(13(4)5)16(15)9-3/h11-14H,7-10H2,1-6H3. The molecule has 1 aromatic rings. The van der Waals surface area contributed by atoms with Crippen molar-refractivity contribution in [3.8, 4) is 0 Å². The molecule has 0 aromatic heterocycles. The van der Waals surface area contributed by atoms with Gasteiger partial charge in [0.2, 0.25) is 0 Å². The quantitative estimate of drug-likeness (QED) is 0.591. The van der Waals surface area contributed by atoms with E-state index in [1.807, 2.05) is 0 Å². The molecule has 1 rings (SSSR count). The average Bonchev–Trinajstić information content (AvgIpc) is 2.37. The summed E-state index contributed by atoms with van der Waals surface area (Å²) in [5, 5.41) is 0. The van der Waals surface area contributed by atoms with Crippen molar-refractivity contribution in [3.05, 3.63) is 34.4 Å². The maximum absolute atomic E-state index is 2.40. The summed E-state index contributed by atoms with van der Waals surface area (Å²) in [6.07, 6.45) is 4.88. The Morgan fingerprint density at radius 2 is 1.67 bits per heavy atom. The Bertz CT molecular complexity index is 374. The molecule has 0 nitrogen and oxygen atoms in total. The van der Waals surface area contributed by atoms with Gasteiger partial charge in [-0.05, 0) is 53.4 Å². The molecule has 0 heteroatoms. The van der Waals surface area contributed by atoms with Crippen molar-refractivity contribution in [3.63, 3.8) is 0 Å². The Morgan fingerprint density at radius 1 is 1.00 bits per heavy atom. The van der Waals surface area contributed by atoms with Crippen LogP contribution in [-0.4, -0.2) is 0 Å². The van der Waals surface area contributed by atoms with E-state index in [1.54, 1.807) is 22.3 Å². The zero-order chi connectivity index (χ0) is 13.7. The van der Waals surface area contributed by atoms with Crippen molar-refractivity contribution >= 4 is 0 Å². The molecule has 0 aliphatic carbocycles. The second-order valence-electron chi connectivity index (χ2n) is 5.77. The number of aryl methyl sites for hydroxylation is 1. The van der Waals surface area contributed by atoms with Crippen LogP contribution in [0.4, 0.5) is 0 Å². The SMILES string of the molecule is CCCc1ccc(C(C)CC)c(C(C)C)c1CC. The summed E-state index contributed by atoms with van der Waals surface area (Å²) < 4.78 is 0. The fraction of sp³-hybridized carbons (Fsp3) is 0.667. The first-order chi connectivity index (χ1) is 8.56. The minimum atomic E-state index is 0.640. The Balaban J connectivity index is 3.38. The molecule has 0 saturated heterocycles. The van der Waals surface area contributed by atoms with Crippen LogP contribution >= 0.6 is 0 Å². The third-order valence-corrected chi connectivity index (χ3v) is 4.08. The summed E-state index contributed by atoms with van der Waals surface area (Å²) in [6.45, 7) is 13.9. The normalized spacial score (nSPS) is 13.1. The predicted molar refractivity (Wildman–Crippen MR) is 82.6 cm³/mol. The second kappa shape index (κ2) is 6.97. The second-order valence-corrected chi connectivity index (χ2v) is 5.77. The van der Waals surface area contributed by atoms with E-state index >= 15 is 0 Å². The van der Waals surface area contributed by atoms with Gasteiger partial charge in [-0.15, -0.1) is 0 Å². The maximum Gasteiger partial charge on any atom is -0.0190 e. The van der Waals surface area contributed by atoms with Gasteiger partial charge in [0.1, 0.15) is 0 Å². The summed E-state index contributed by atoms with van der Waals surface area (Å²) in [5.74, 6) is 1.32. The highest BCUT2D eigenvalue weighted by Crippen LogP contribution is 2.33. The molecule has 0 aliphatic heterocycles. The predicted octanol–water partition coefficient (Wildman–Crippen LogP) is 5.84. The molecule has 0 N–H and O–H groups in total. The minimum Gasteiger partial charge on any atom is -0.0651 e. The Labute approximate surface area is 114 Å². The van der Waals surface area contributed by atoms with Crippen LogP contribution in [0.3, 0.4) is 0 Å². The van der Waals surface area contributed by atoms with Crippen LogP contribution in [0.15, 0.2) is 12.1 Å². The summed E-state index contributed by atoms with van der Waals surface area (Å²) >= 11 is 0. The summed E-state index contributed by atoms with van der Waals surface area (Å²) in [5.41, 5.74) is 6.43. The number of hydrogen-bond acceptors (Lipinski definition) is 0. The van der Waals surface area contributed by atoms with Gasteiger partial charge in [0.25, 0.3) is 0 Å². The lowest BCUT2D eigenvalue weighted by atomic mass is 9.82. The Kier molecular flexibility index (Phi) is 5.91. The van der Waals surface area contributed by atoms with Crippen LogP contribution in [0.2, 0.25) is 0 Å². The molecule has 0 bridgehead atoms. The molecular weight excluding hydrogens is 216 g/mol. The number of benzene rings is 1. The molecule has 0 spiro atoms. The maximum atomic E-state index is 2.40. The van der Waals surface area contributed by atoms with Crippen LogP contribution in [0, 0.1) is 0 Å². The molecule has 0 saturated carbocycles. The summed E-state index contributed by atoms with van der Waals surface area (Å²) in [7, 11) is 0. The Morgan fingerprint density at radius 3 is 2.11 bits per heavy atom. The van der Waals surface area contributed by atoms with Crippen LogP contribution in [0.5, 0.6) is 0 Å². The first-order valence-electron chi connectivity index (χ1n) is 7.71. The van der Waals surface area contributed by atoms with Crippen LogP contribution in [0.1, 0.15) is 88.5 Å². The van der Waals surface area contributed by atoms with Crippen molar-refractivity contribution in [1.29, 1.82) is 0 Å². The molecule has 0 radical (unpaired) electrons. The molecule has 1 unspecified atom stereocenters. The lowest BCUT2D eigenvalue weighted by Crippen LogP contribution is -2.08. The van der Waals surface area contributed by atoms with Crippen LogP contribution < -0.4 is 0 Å². The van der Waals surface area contributed by atoms with Crippen LogP contribution in [-0.2, 0) is 12.8 Å². The average molecular weight is 246 g/mol. The van der Waals surface area contributed by atoms with E-state index in [2.05, 4.69) is 53.7 Å². The van der Waals surface area contributed by atoms with E-state index in [0.29, 0.717) is 11.8 Å². The summed E-state index contributed by atoms with van der Waals surface area (Å²) in [4.78, 5) is 0. The highest BCUT2D eigenvalue weighted by atomic mass is 14.2. The first kappa shape index (κ1) is 15.3. The van der Waals surface area contributed by atoms with Crippen molar-refractivity contribution in [1.82, 2.24) is 0 Å². The van der Waals surface area contributed by atoms with Gasteiger partial charge in [-0.25, -0.2) is 0 Å². The van der Waals surface area contributed by atoms with Crippen molar-refractivity contribution in [2.45, 2.75) is 79.1 Å². The lowest BCUT2D eigenvalue weighted by Gasteiger charge is -2.23. The highest BCUT2D eigenvalue weighted by Gasteiger charge is 2.17. The van der Waals surface area contributed by atoms with E-state index in [0.717, 1.165) is 0 Å². The van der Waals surface area contributed by atoms with Gasteiger partial charge in [0.05, 0.1) is 0 Å². The molecule has 0 aliphatic rings. The zero-order valence-corrected chi connectivity index (χ0v) is 13.1. The smallest absolute Gasteiger partial charge is 0.0190 e. The van der Waals surface area contributed by atoms with Crippen LogP contribution in [0.25, 0.3) is 0 Å². The molecule has 1 atom stereocenters. The fourth-order valence-corrected chi connectivity index (χ4v) is 2.98. The Hall–Kier alpha value is -0.780. The topological polar surface area (TPSA) is 0 Å². The van der Waals surface area contributed by atoms with Gasteiger partial charge in [-0.1, -0.05) is 60.1 Å². The van der Waals surface area contributed by atoms with Crippen molar-refractivity contribution < 1.29 is 0 Å². The number of rotatable bonds is 6. The molecule has 0 amide bonds. The van der Waals surface area contributed by atoms with E-state index in [1.165, 1.54) is 25.7 Å². The number of hydrogen-bond donors (Lipinski definition) is 0. The zero-order valence-electron chi connectivity index (χ0n) is 13.1. The molecule has 1 aromatic carbocycles. The van der Waals surface area contributed by atoms with E-state index in [4.69, 9.17) is 0 Å². The summed E-state index contributed by atoms with van der Waals surface area (Å²) in [6, 6.07) is 4.78. The molecule has 18 heavy (non-hydrogen) atoms. The minimum absolute atomic E-state index is 0.640. The van der Waals surface area contributed by atoms with Gasteiger partial charge in [0.15, 0.2) is 0 Å². The molecule has 102 valence electrons. The lowest BCUT2D eigenvalue weighted by molar-refractivity contribution is 0.699. The van der Waals surface area contributed by atoms with E-state index in [9.17, 15) is 0 Å². The van der Waals surface area contributed by atoms with Gasteiger partial charge in [-0.3, -0.25) is 0 Å². The highest BCUT2D eigenvalue weighted by molar-refractivity contribution is 5.44. The fourth-order valence-electron chi connectivity index (χ4n) is 2.98. The molecule has 0 fully saturated rings.